The van der Waals surface area contributed by atoms with E-state index >= 15 is 0 Å². The van der Waals surface area contributed by atoms with E-state index in [2.05, 4.69) is 26.3 Å². The fraction of sp³-hybridized carbons (Fsp3) is 0.636. The van der Waals surface area contributed by atoms with Crippen LogP contribution in [0.15, 0.2) is 6.20 Å². The van der Waals surface area contributed by atoms with Gasteiger partial charge < -0.3 is 5.32 Å². The number of nitrogens with one attached hydrogen (secondary N) is 1. The number of carbonyl (C=O) groups is 1. The molecule has 0 saturated heterocycles. The summed E-state index contributed by atoms with van der Waals surface area (Å²) in [5.74, 6) is -0.0121. The van der Waals surface area contributed by atoms with E-state index in [4.69, 9.17) is 0 Å². The van der Waals surface area contributed by atoms with Crippen molar-refractivity contribution in [3.05, 3.63) is 17.5 Å². The molecule has 1 saturated carbocycles. The quantitative estimate of drug-likeness (QED) is 0.842. The molecule has 1 N–H and O–H groups in total. The normalized spacial score (nSPS) is 24.7. The molecule has 1 aromatic heterocycles. The Labute approximate surface area is 104 Å². The molecular formula is C11H16BrN3O. The summed E-state index contributed by atoms with van der Waals surface area (Å²) in [4.78, 5) is 12.4. The highest BCUT2D eigenvalue weighted by molar-refractivity contribution is 9.09. The van der Waals surface area contributed by atoms with Crippen molar-refractivity contribution in [2.45, 2.75) is 37.1 Å². The maximum absolute atomic E-state index is 12.0. The van der Waals surface area contributed by atoms with Crippen LogP contribution < -0.4 is 5.32 Å². The Morgan fingerprint density at radius 3 is 2.88 bits per heavy atom. The molecule has 4 nitrogen and oxygen atoms in total. The first-order chi connectivity index (χ1) is 7.59. The molecule has 2 atom stereocenters. The highest BCUT2D eigenvalue weighted by Crippen LogP contribution is 2.25. The van der Waals surface area contributed by atoms with Gasteiger partial charge in [0, 0.05) is 23.6 Å². The van der Waals surface area contributed by atoms with Gasteiger partial charge in [-0.2, -0.15) is 5.10 Å². The smallest absolute Gasteiger partial charge is 0.254 e. The number of alkyl halides is 1. The third-order valence-electron chi connectivity index (χ3n) is 3.23. The van der Waals surface area contributed by atoms with E-state index in [1.54, 1.807) is 10.9 Å². The number of hydrogen-bond donors (Lipinski definition) is 1. The van der Waals surface area contributed by atoms with Crippen molar-refractivity contribution in [3.8, 4) is 0 Å². The maximum atomic E-state index is 12.0. The summed E-state index contributed by atoms with van der Waals surface area (Å²) in [6.45, 7) is 1.90. The molecule has 1 amide bonds. The summed E-state index contributed by atoms with van der Waals surface area (Å²) >= 11 is 3.59. The van der Waals surface area contributed by atoms with E-state index in [9.17, 15) is 4.79 Å². The molecule has 1 aliphatic carbocycles. The van der Waals surface area contributed by atoms with Crippen molar-refractivity contribution in [1.29, 1.82) is 0 Å². The summed E-state index contributed by atoms with van der Waals surface area (Å²) in [5, 5.41) is 7.13. The molecule has 88 valence electrons. The van der Waals surface area contributed by atoms with Crippen LogP contribution in [0.1, 0.15) is 35.3 Å². The monoisotopic (exact) mass is 285 g/mol. The first-order valence-corrected chi connectivity index (χ1v) is 6.44. The van der Waals surface area contributed by atoms with Gasteiger partial charge in [0.1, 0.15) is 0 Å². The second-order valence-electron chi connectivity index (χ2n) is 4.29. The zero-order chi connectivity index (χ0) is 11.7. The first kappa shape index (κ1) is 11.6. The van der Waals surface area contributed by atoms with Crippen molar-refractivity contribution in [1.82, 2.24) is 15.1 Å². The van der Waals surface area contributed by atoms with E-state index < -0.39 is 0 Å². The van der Waals surface area contributed by atoms with Gasteiger partial charge in [-0.15, -0.1) is 0 Å². The molecule has 1 aliphatic rings. The third kappa shape index (κ3) is 2.14. The second-order valence-corrected chi connectivity index (χ2v) is 5.47. The van der Waals surface area contributed by atoms with E-state index in [1.165, 1.54) is 6.42 Å². The van der Waals surface area contributed by atoms with E-state index in [-0.39, 0.29) is 11.9 Å². The highest BCUT2D eigenvalue weighted by Gasteiger charge is 2.27. The predicted octanol–water partition coefficient (Wildman–Crippen LogP) is 1.77. The van der Waals surface area contributed by atoms with E-state index in [0.29, 0.717) is 10.4 Å². The standard InChI is InChI=1S/C11H16BrN3O/c1-7-8(6-13-15(7)2)11(16)14-10-5-3-4-9(10)12/h6,9-10H,3-5H2,1-2H3,(H,14,16). The molecule has 2 unspecified atom stereocenters. The van der Waals surface area contributed by atoms with Gasteiger partial charge in [0.15, 0.2) is 0 Å². The average Bonchev–Trinajstić information content (AvgIpc) is 2.77. The summed E-state index contributed by atoms with van der Waals surface area (Å²) in [6.07, 6.45) is 4.99. The molecule has 2 rings (SSSR count). The van der Waals surface area contributed by atoms with Crippen LogP contribution in [-0.2, 0) is 7.05 Å². The van der Waals surface area contributed by atoms with Crippen LogP contribution in [0.5, 0.6) is 0 Å². The van der Waals surface area contributed by atoms with Crippen molar-refractivity contribution >= 4 is 21.8 Å². The molecule has 0 spiro atoms. The third-order valence-corrected chi connectivity index (χ3v) is 4.32. The molecule has 16 heavy (non-hydrogen) atoms. The Kier molecular flexibility index (Phi) is 3.33. The van der Waals surface area contributed by atoms with Crippen LogP contribution in [0.4, 0.5) is 0 Å². The topological polar surface area (TPSA) is 46.9 Å². The zero-order valence-corrected chi connectivity index (χ0v) is 11.1. The van der Waals surface area contributed by atoms with Gasteiger partial charge in [-0.1, -0.05) is 22.4 Å². The number of rotatable bonds is 2. The van der Waals surface area contributed by atoms with Gasteiger partial charge in [0.2, 0.25) is 0 Å². The number of carbonyl (C=O) groups excluding carboxylic acids is 1. The fourth-order valence-electron chi connectivity index (χ4n) is 2.05. The fourth-order valence-corrected chi connectivity index (χ4v) is 2.77. The summed E-state index contributed by atoms with van der Waals surface area (Å²) in [5.41, 5.74) is 1.58. The van der Waals surface area contributed by atoms with Crippen molar-refractivity contribution in [2.75, 3.05) is 0 Å². The van der Waals surface area contributed by atoms with E-state index in [0.717, 1.165) is 18.5 Å². The Bertz CT molecular complexity index is 402. The Balaban J connectivity index is 2.06. The number of aromatic nitrogens is 2. The second kappa shape index (κ2) is 4.57. The molecule has 5 heteroatoms. The predicted molar refractivity (Wildman–Crippen MR) is 65.8 cm³/mol. The number of nitrogens with zero attached hydrogens (tertiary/aromatic N) is 2. The minimum Gasteiger partial charge on any atom is -0.348 e. The molecule has 0 radical (unpaired) electrons. The Morgan fingerprint density at radius 2 is 2.38 bits per heavy atom. The molecule has 0 aromatic carbocycles. The summed E-state index contributed by atoms with van der Waals surface area (Å²) < 4.78 is 1.72. The number of amides is 1. The highest BCUT2D eigenvalue weighted by atomic mass is 79.9. The van der Waals surface area contributed by atoms with Gasteiger partial charge in [-0.05, 0) is 19.8 Å². The molecule has 0 aliphatic heterocycles. The van der Waals surface area contributed by atoms with Crippen molar-refractivity contribution in [2.24, 2.45) is 7.05 Å². The molecule has 0 bridgehead atoms. The van der Waals surface area contributed by atoms with Crippen LogP contribution in [0.25, 0.3) is 0 Å². The van der Waals surface area contributed by atoms with Crippen LogP contribution in [0.2, 0.25) is 0 Å². The minimum absolute atomic E-state index is 0.0121. The van der Waals surface area contributed by atoms with Crippen molar-refractivity contribution in [3.63, 3.8) is 0 Å². The first-order valence-electron chi connectivity index (χ1n) is 5.53. The minimum atomic E-state index is -0.0121. The van der Waals surface area contributed by atoms with Crippen LogP contribution >= 0.6 is 15.9 Å². The lowest BCUT2D eigenvalue weighted by molar-refractivity contribution is 0.0938. The maximum Gasteiger partial charge on any atom is 0.254 e. The summed E-state index contributed by atoms with van der Waals surface area (Å²) in [7, 11) is 1.84. The Morgan fingerprint density at radius 1 is 1.62 bits per heavy atom. The average molecular weight is 286 g/mol. The van der Waals surface area contributed by atoms with Crippen LogP contribution in [-0.4, -0.2) is 26.6 Å². The number of hydrogen-bond acceptors (Lipinski definition) is 2. The van der Waals surface area contributed by atoms with Crippen molar-refractivity contribution < 1.29 is 4.79 Å². The number of halogens is 1. The number of aryl methyl sites for hydroxylation is 1. The van der Waals surface area contributed by atoms with Gasteiger partial charge in [0.05, 0.1) is 11.8 Å². The van der Waals surface area contributed by atoms with Gasteiger partial charge >= 0.3 is 0 Å². The van der Waals surface area contributed by atoms with Crippen LogP contribution in [0, 0.1) is 6.92 Å². The van der Waals surface area contributed by atoms with Gasteiger partial charge in [0.25, 0.3) is 5.91 Å². The lowest BCUT2D eigenvalue weighted by Crippen LogP contribution is -2.37. The molecule has 1 aromatic rings. The van der Waals surface area contributed by atoms with Crippen LogP contribution in [0.3, 0.4) is 0 Å². The summed E-state index contributed by atoms with van der Waals surface area (Å²) in [6, 6.07) is 0.257. The lowest BCUT2D eigenvalue weighted by atomic mass is 10.2. The van der Waals surface area contributed by atoms with Gasteiger partial charge in [-0.3, -0.25) is 9.48 Å². The molecule has 1 heterocycles. The van der Waals surface area contributed by atoms with E-state index in [1.807, 2.05) is 14.0 Å². The Hall–Kier alpha value is -0.840. The zero-order valence-electron chi connectivity index (χ0n) is 9.53. The molecular weight excluding hydrogens is 270 g/mol. The lowest BCUT2D eigenvalue weighted by Gasteiger charge is -2.15. The largest absolute Gasteiger partial charge is 0.348 e. The SMILES string of the molecule is Cc1c(C(=O)NC2CCCC2Br)cnn1C. The molecule has 1 fully saturated rings. The van der Waals surface area contributed by atoms with Gasteiger partial charge in [-0.25, -0.2) is 0 Å².